The van der Waals surface area contributed by atoms with E-state index in [4.69, 9.17) is 10.5 Å². The van der Waals surface area contributed by atoms with E-state index in [1.165, 1.54) is 13.0 Å². The van der Waals surface area contributed by atoms with Crippen LogP contribution in [-0.2, 0) is 27.3 Å². The number of carbonyl (C=O) groups is 2. The molecule has 2 N–H and O–H groups in total. The van der Waals surface area contributed by atoms with Gasteiger partial charge in [0.15, 0.2) is 0 Å². The van der Waals surface area contributed by atoms with Crippen molar-refractivity contribution >= 4 is 12.3 Å². The Bertz CT molecular complexity index is 525. The van der Waals surface area contributed by atoms with Crippen molar-refractivity contribution in [2.24, 2.45) is 5.73 Å². The van der Waals surface area contributed by atoms with Gasteiger partial charge in [0, 0.05) is 44.4 Å². The summed E-state index contributed by atoms with van der Waals surface area (Å²) in [7, 11) is 2.10. The van der Waals surface area contributed by atoms with Gasteiger partial charge in [-0.1, -0.05) is 13.3 Å². The van der Waals surface area contributed by atoms with Crippen molar-refractivity contribution < 1.29 is 14.3 Å². The number of carbonyl (C=O) groups excluding carboxylic acids is 2. The molecule has 0 bridgehead atoms. The van der Waals surface area contributed by atoms with Crippen molar-refractivity contribution in [1.82, 2.24) is 14.5 Å². The van der Waals surface area contributed by atoms with Crippen LogP contribution in [0.25, 0.3) is 0 Å². The third-order valence-electron chi connectivity index (χ3n) is 4.30. The van der Waals surface area contributed by atoms with Crippen molar-refractivity contribution in [3.63, 3.8) is 0 Å². The summed E-state index contributed by atoms with van der Waals surface area (Å²) in [5.74, 6) is 0.650. The Morgan fingerprint density at radius 1 is 1.54 bits per heavy atom. The van der Waals surface area contributed by atoms with Crippen LogP contribution >= 0.6 is 0 Å². The minimum Gasteiger partial charge on any atom is -0.463 e. The lowest BCUT2D eigenvalue weighted by Crippen LogP contribution is -2.23. The van der Waals surface area contributed by atoms with Gasteiger partial charge in [-0.3, -0.25) is 4.79 Å². The maximum Gasteiger partial charge on any atom is 0.307 e. The third kappa shape index (κ3) is 9.10. The van der Waals surface area contributed by atoms with E-state index >= 15 is 0 Å². The number of hydrogen-bond acceptors (Lipinski definition) is 6. The van der Waals surface area contributed by atoms with Crippen molar-refractivity contribution in [3.8, 4) is 0 Å². The predicted octanol–water partition coefficient (Wildman–Crippen LogP) is 1.79. The Kier molecular flexibility index (Phi) is 10.8. The van der Waals surface area contributed by atoms with Crippen molar-refractivity contribution in [3.05, 3.63) is 18.2 Å². The second-order valence-corrected chi connectivity index (χ2v) is 6.89. The molecule has 1 aliphatic heterocycles. The van der Waals surface area contributed by atoms with E-state index in [9.17, 15) is 9.59 Å². The summed E-state index contributed by atoms with van der Waals surface area (Å²) in [5, 5.41) is 0. The molecule has 1 aliphatic rings. The molecule has 2 unspecified atom stereocenters. The number of likely N-dealkylation sites (tertiary alicyclic amines) is 1. The fraction of sp³-hybridized carbons (Fsp3) is 0.737. The second kappa shape index (κ2) is 12.6. The number of ether oxygens (including phenoxy) is 1. The zero-order valence-corrected chi connectivity index (χ0v) is 16.4. The SMILES string of the molecule is CCCC(C)OC(=O)CCn1ccnc1CCC=O.CN1CCC(N)C1. The summed E-state index contributed by atoms with van der Waals surface area (Å²) in [6, 6.07) is 0.449. The van der Waals surface area contributed by atoms with Crippen LogP contribution in [0.4, 0.5) is 0 Å². The highest BCUT2D eigenvalue weighted by Crippen LogP contribution is 2.06. The Morgan fingerprint density at radius 2 is 2.31 bits per heavy atom. The molecule has 2 rings (SSSR count). The first-order valence-corrected chi connectivity index (χ1v) is 9.53. The fourth-order valence-corrected chi connectivity index (χ4v) is 2.89. The number of esters is 1. The molecule has 0 saturated carbocycles. The van der Waals surface area contributed by atoms with Gasteiger partial charge in [-0.25, -0.2) is 4.98 Å². The topological polar surface area (TPSA) is 90.5 Å². The average Bonchev–Trinajstić information content (AvgIpc) is 3.20. The molecule has 7 heteroatoms. The number of rotatable bonds is 9. The van der Waals surface area contributed by atoms with E-state index in [-0.39, 0.29) is 12.1 Å². The quantitative estimate of drug-likeness (QED) is 0.529. The van der Waals surface area contributed by atoms with Gasteiger partial charge in [0.2, 0.25) is 0 Å². The van der Waals surface area contributed by atoms with E-state index in [0.717, 1.165) is 31.5 Å². The Labute approximate surface area is 156 Å². The summed E-state index contributed by atoms with van der Waals surface area (Å²) >= 11 is 0. The number of nitrogens with zero attached hydrogens (tertiary/aromatic N) is 3. The summed E-state index contributed by atoms with van der Waals surface area (Å²) in [5.41, 5.74) is 5.58. The van der Waals surface area contributed by atoms with Gasteiger partial charge in [-0.05, 0) is 33.4 Å². The van der Waals surface area contributed by atoms with Crippen LogP contribution in [0.15, 0.2) is 12.4 Å². The van der Waals surface area contributed by atoms with Crippen LogP contribution in [0, 0.1) is 0 Å². The second-order valence-electron chi connectivity index (χ2n) is 6.89. The lowest BCUT2D eigenvalue weighted by atomic mass is 10.2. The highest BCUT2D eigenvalue weighted by Gasteiger charge is 2.13. The minimum atomic E-state index is -0.184. The van der Waals surface area contributed by atoms with Crippen LogP contribution in [0.2, 0.25) is 0 Å². The Morgan fingerprint density at radius 3 is 2.85 bits per heavy atom. The van der Waals surface area contributed by atoms with E-state index in [1.807, 2.05) is 17.7 Å². The molecule has 1 aromatic rings. The zero-order chi connectivity index (χ0) is 19.4. The molecule has 1 saturated heterocycles. The first kappa shape index (κ1) is 22.3. The van der Waals surface area contributed by atoms with Gasteiger partial charge in [-0.2, -0.15) is 0 Å². The molecule has 2 heterocycles. The maximum absolute atomic E-state index is 11.6. The van der Waals surface area contributed by atoms with Gasteiger partial charge in [-0.15, -0.1) is 0 Å². The molecule has 26 heavy (non-hydrogen) atoms. The fourth-order valence-electron chi connectivity index (χ4n) is 2.89. The molecule has 0 spiro atoms. The lowest BCUT2D eigenvalue weighted by Gasteiger charge is -2.12. The standard InChI is InChI=1S/C14H22N2O3.C5H12N2/c1-3-5-12(2)19-14(18)7-9-16-10-8-15-13(16)6-4-11-17;1-7-3-2-5(6)4-7/h8,10-12H,3-7,9H2,1-2H3;5H,2-4,6H2,1H3. The molecule has 7 nitrogen and oxygen atoms in total. The van der Waals surface area contributed by atoms with Gasteiger partial charge < -0.3 is 24.7 Å². The number of aldehydes is 1. The van der Waals surface area contributed by atoms with Crippen molar-refractivity contribution in [2.45, 2.75) is 71.1 Å². The molecule has 0 amide bonds. The summed E-state index contributed by atoms with van der Waals surface area (Å²) in [6.07, 6.45) is 8.83. The van der Waals surface area contributed by atoms with Crippen LogP contribution in [0.1, 0.15) is 51.8 Å². The zero-order valence-electron chi connectivity index (χ0n) is 16.4. The molecular formula is C19H34N4O3. The predicted molar refractivity (Wildman–Crippen MR) is 102 cm³/mol. The lowest BCUT2D eigenvalue weighted by molar-refractivity contribution is -0.148. The van der Waals surface area contributed by atoms with Crippen molar-refractivity contribution in [1.29, 1.82) is 0 Å². The molecule has 0 aromatic carbocycles. The van der Waals surface area contributed by atoms with Gasteiger partial charge in [0.1, 0.15) is 12.1 Å². The van der Waals surface area contributed by atoms with E-state index in [2.05, 4.69) is 23.9 Å². The third-order valence-corrected chi connectivity index (χ3v) is 4.30. The molecule has 0 aliphatic carbocycles. The van der Waals surface area contributed by atoms with Crippen LogP contribution in [0.5, 0.6) is 0 Å². The minimum absolute atomic E-state index is 0.0187. The number of aromatic nitrogens is 2. The first-order chi connectivity index (χ1) is 12.5. The smallest absolute Gasteiger partial charge is 0.307 e. The largest absolute Gasteiger partial charge is 0.463 e. The molecule has 1 aromatic heterocycles. The molecule has 1 fully saturated rings. The number of hydrogen-bond donors (Lipinski definition) is 1. The molecule has 148 valence electrons. The number of likely N-dealkylation sites (N-methyl/N-ethyl adjacent to an activating group) is 1. The summed E-state index contributed by atoms with van der Waals surface area (Å²) in [6.45, 7) is 6.79. The van der Waals surface area contributed by atoms with Crippen LogP contribution < -0.4 is 5.73 Å². The highest BCUT2D eigenvalue weighted by molar-refractivity contribution is 5.69. The van der Waals surface area contributed by atoms with Gasteiger partial charge >= 0.3 is 5.97 Å². The molecular weight excluding hydrogens is 332 g/mol. The van der Waals surface area contributed by atoms with E-state index in [0.29, 0.717) is 31.8 Å². The number of nitrogens with two attached hydrogens (primary N) is 1. The molecule has 2 atom stereocenters. The monoisotopic (exact) mass is 366 g/mol. The van der Waals surface area contributed by atoms with Gasteiger partial charge in [0.25, 0.3) is 0 Å². The first-order valence-electron chi connectivity index (χ1n) is 9.53. The molecule has 0 radical (unpaired) electrons. The van der Waals surface area contributed by atoms with E-state index in [1.54, 1.807) is 6.20 Å². The summed E-state index contributed by atoms with van der Waals surface area (Å²) in [4.78, 5) is 28.4. The highest BCUT2D eigenvalue weighted by atomic mass is 16.5. The Balaban J connectivity index is 0.000000401. The van der Waals surface area contributed by atoms with Crippen molar-refractivity contribution in [2.75, 3.05) is 20.1 Å². The maximum atomic E-state index is 11.6. The number of imidazole rings is 1. The normalized spacial score (nSPS) is 18.1. The van der Waals surface area contributed by atoms with Gasteiger partial charge in [0.05, 0.1) is 12.5 Å². The summed E-state index contributed by atoms with van der Waals surface area (Å²) < 4.78 is 7.18. The number of aryl methyl sites for hydroxylation is 2. The van der Waals surface area contributed by atoms with Crippen LogP contribution in [-0.4, -0.2) is 59.0 Å². The average molecular weight is 367 g/mol. The van der Waals surface area contributed by atoms with E-state index < -0.39 is 0 Å². The van der Waals surface area contributed by atoms with Crippen LogP contribution in [0.3, 0.4) is 0 Å². The Hall–Kier alpha value is -1.73.